The number of aryl methyl sites for hydroxylation is 1. The monoisotopic (exact) mass is 317 g/mol. The van der Waals surface area contributed by atoms with E-state index >= 15 is 0 Å². The molecule has 2 fully saturated rings. The van der Waals surface area contributed by atoms with Crippen molar-refractivity contribution >= 4 is 5.91 Å². The normalized spacial score (nSPS) is 21.2. The van der Waals surface area contributed by atoms with E-state index < -0.39 is 0 Å². The molecule has 0 aliphatic carbocycles. The molecule has 126 valence electrons. The lowest BCUT2D eigenvalue weighted by atomic mass is 10.0. The second-order valence-corrected chi connectivity index (χ2v) is 6.89. The topological polar surface area (TPSA) is 56.4 Å². The average Bonchev–Trinajstić information content (AvgIpc) is 2.83. The van der Waals surface area contributed by atoms with Crippen LogP contribution in [0.2, 0.25) is 0 Å². The van der Waals surface area contributed by atoms with E-state index in [0.717, 1.165) is 31.6 Å². The highest BCUT2D eigenvalue weighted by molar-refractivity contribution is 5.92. The first-order valence-electron chi connectivity index (χ1n) is 8.88. The first-order chi connectivity index (χ1) is 11.1. The lowest BCUT2D eigenvalue weighted by Gasteiger charge is -2.38. The predicted molar refractivity (Wildman–Crippen MR) is 90.8 cm³/mol. The van der Waals surface area contributed by atoms with Gasteiger partial charge < -0.3 is 14.8 Å². The molecule has 23 heavy (non-hydrogen) atoms. The highest BCUT2D eigenvalue weighted by Gasteiger charge is 2.28. The van der Waals surface area contributed by atoms with Gasteiger partial charge in [-0.25, -0.2) is 0 Å². The first kappa shape index (κ1) is 16.2. The van der Waals surface area contributed by atoms with Crippen LogP contribution in [0.1, 0.15) is 54.7 Å². The highest BCUT2D eigenvalue weighted by Crippen LogP contribution is 2.21. The van der Waals surface area contributed by atoms with Crippen LogP contribution < -0.4 is 5.43 Å². The molecule has 2 aliphatic rings. The number of nitrogens with one attached hydrogen (secondary N) is 1. The Hall–Kier alpha value is -1.62. The summed E-state index contributed by atoms with van der Waals surface area (Å²) in [6.07, 6.45) is 7.42. The fourth-order valence-corrected chi connectivity index (χ4v) is 3.86. The zero-order valence-electron chi connectivity index (χ0n) is 14.0. The van der Waals surface area contributed by atoms with Gasteiger partial charge in [0.2, 0.25) is 0 Å². The fourth-order valence-electron chi connectivity index (χ4n) is 3.86. The first-order valence-corrected chi connectivity index (χ1v) is 8.88. The van der Waals surface area contributed by atoms with Gasteiger partial charge in [0, 0.05) is 37.0 Å². The van der Waals surface area contributed by atoms with Crippen LogP contribution in [0.5, 0.6) is 0 Å². The number of carbonyl (C=O) groups is 1. The lowest BCUT2D eigenvalue weighted by Crippen LogP contribution is -2.47. The minimum absolute atomic E-state index is 0.0416. The predicted octanol–water partition coefficient (Wildman–Crippen LogP) is 2.16. The molecule has 1 N–H and O–H groups in total. The number of nitrogens with zero attached hydrogens (tertiary/aromatic N) is 2. The number of H-pyrrole nitrogens is 1. The largest absolute Gasteiger partial charge is 0.354 e. The van der Waals surface area contributed by atoms with E-state index in [4.69, 9.17) is 0 Å². The summed E-state index contributed by atoms with van der Waals surface area (Å²) >= 11 is 0. The summed E-state index contributed by atoms with van der Waals surface area (Å²) in [4.78, 5) is 31.7. The van der Waals surface area contributed by atoms with Crippen molar-refractivity contribution in [1.29, 1.82) is 0 Å². The average molecular weight is 317 g/mol. The number of rotatable bonds is 2. The maximum atomic E-state index is 12.6. The number of likely N-dealkylation sites (tertiary alicyclic amines) is 2. The van der Waals surface area contributed by atoms with Crippen molar-refractivity contribution in [3.63, 3.8) is 0 Å². The van der Waals surface area contributed by atoms with Gasteiger partial charge in [-0.1, -0.05) is 12.8 Å². The van der Waals surface area contributed by atoms with E-state index in [-0.39, 0.29) is 11.3 Å². The molecule has 1 amide bonds. The number of amides is 1. The maximum absolute atomic E-state index is 12.6. The number of hydrogen-bond donors (Lipinski definition) is 1. The third kappa shape index (κ3) is 4.02. The van der Waals surface area contributed by atoms with E-state index in [9.17, 15) is 9.59 Å². The van der Waals surface area contributed by atoms with E-state index in [1.54, 1.807) is 0 Å². The zero-order chi connectivity index (χ0) is 16.2. The minimum Gasteiger partial charge on any atom is -0.354 e. The number of aromatic nitrogens is 1. The van der Waals surface area contributed by atoms with Crippen LogP contribution in [0.15, 0.2) is 16.9 Å². The van der Waals surface area contributed by atoms with Gasteiger partial charge >= 0.3 is 0 Å². The van der Waals surface area contributed by atoms with Gasteiger partial charge in [-0.15, -0.1) is 0 Å². The molecule has 2 saturated heterocycles. The third-order valence-electron chi connectivity index (χ3n) is 5.12. The molecule has 0 saturated carbocycles. The molecule has 5 nitrogen and oxygen atoms in total. The third-order valence-corrected chi connectivity index (χ3v) is 5.12. The smallest absolute Gasteiger partial charge is 0.270 e. The van der Waals surface area contributed by atoms with Crippen molar-refractivity contribution in [2.45, 2.75) is 51.5 Å². The van der Waals surface area contributed by atoms with Gasteiger partial charge in [0.15, 0.2) is 5.43 Å². The van der Waals surface area contributed by atoms with Gasteiger partial charge in [0.1, 0.15) is 5.69 Å². The highest BCUT2D eigenvalue weighted by atomic mass is 16.2. The Labute approximate surface area is 137 Å². The summed E-state index contributed by atoms with van der Waals surface area (Å²) in [5, 5.41) is 0. The Balaban J connectivity index is 1.59. The summed E-state index contributed by atoms with van der Waals surface area (Å²) in [5.41, 5.74) is 1.05. The number of piperidine rings is 1. The lowest BCUT2D eigenvalue weighted by molar-refractivity contribution is 0.0617. The summed E-state index contributed by atoms with van der Waals surface area (Å²) in [5.74, 6) is -0.0416. The van der Waals surface area contributed by atoms with E-state index in [1.807, 2.05) is 11.8 Å². The molecule has 0 bridgehead atoms. The van der Waals surface area contributed by atoms with Gasteiger partial charge in [0.25, 0.3) is 5.91 Å². The van der Waals surface area contributed by atoms with Crippen molar-refractivity contribution in [2.75, 3.05) is 26.2 Å². The molecule has 1 aromatic heterocycles. The van der Waals surface area contributed by atoms with Gasteiger partial charge in [0.05, 0.1) is 0 Å². The minimum atomic E-state index is -0.107. The van der Waals surface area contributed by atoms with E-state index in [1.165, 1.54) is 50.9 Å². The van der Waals surface area contributed by atoms with Gasteiger partial charge in [-0.3, -0.25) is 9.59 Å². The maximum Gasteiger partial charge on any atom is 0.270 e. The summed E-state index contributed by atoms with van der Waals surface area (Å²) in [7, 11) is 0. The quantitative estimate of drug-likeness (QED) is 0.909. The van der Waals surface area contributed by atoms with Crippen molar-refractivity contribution < 1.29 is 4.79 Å². The molecule has 5 heteroatoms. The molecule has 3 heterocycles. The number of aromatic amines is 1. The van der Waals surface area contributed by atoms with Crippen molar-refractivity contribution in [1.82, 2.24) is 14.8 Å². The summed E-state index contributed by atoms with van der Waals surface area (Å²) in [6.45, 7) is 5.81. The number of carbonyl (C=O) groups excluding carboxylic acids is 1. The second kappa shape index (κ2) is 7.30. The summed E-state index contributed by atoms with van der Waals surface area (Å²) < 4.78 is 0. The second-order valence-electron chi connectivity index (χ2n) is 6.89. The van der Waals surface area contributed by atoms with Crippen LogP contribution in [-0.4, -0.2) is 52.9 Å². The molecule has 3 rings (SSSR count). The number of hydrogen-bond acceptors (Lipinski definition) is 3. The van der Waals surface area contributed by atoms with E-state index in [2.05, 4.69) is 9.88 Å². The molecule has 0 radical (unpaired) electrons. The molecular weight excluding hydrogens is 290 g/mol. The van der Waals surface area contributed by atoms with Crippen LogP contribution in [0.3, 0.4) is 0 Å². The van der Waals surface area contributed by atoms with Crippen LogP contribution >= 0.6 is 0 Å². The van der Waals surface area contributed by atoms with E-state index in [0.29, 0.717) is 11.7 Å². The molecule has 0 atom stereocenters. The Bertz CT molecular complexity index is 595. The van der Waals surface area contributed by atoms with Gasteiger partial charge in [-0.2, -0.15) is 0 Å². The number of pyridine rings is 1. The Kier molecular flexibility index (Phi) is 5.16. The standard InChI is InChI=1S/C18H27N3O2/c1-14-12-16(22)13-17(19-14)18(23)21-10-6-15(7-11-21)20-8-4-2-3-5-9-20/h12-13,15H,2-11H2,1H3,(H,19,22). The van der Waals surface area contributed by atoms with Crippen LogP contribution in [0.25, 0.3) is 0 Å². The molecular formula is C18H27N3O2. The van der Waals surface area contributed by atoms with Crippen molar-refractivity contribution in [3.8, 4) is 0 Å². The fraction of sp³-hybridized carbons (Fsp3) is 0.667. The SMILES string of the molecule is Cc1cc(=O)cc(C(=O)N2CCC(N3CCCCCC3)CC2)[nH]1. The van der Waals surface area contributed by atoms with Gasteiger partial charge in [-0.05, 0) is 45.7 Å². The molecule has 2 aliphatic heterocycles. The molecule has 1 aromatic rings. The van der Waals surface area contributed by atoms with Crippen LogP contribution in [-0.2, 0) is 0 Å². The Morgan fingerprint density at radius 3 is 2.30 bits per heavy atom. The van der Waals surface area contributed by atoms with Crippen LogP contribution in [0.4, 0.5) is 0 Å². The summed E-state index contributed by atoms with van der Waals surface area (Å²) in [6, 6.07) is 3.55. The van der Waals surface area contributed by atoms with Crippen molar-refractivity contribution in [3.05, 3.63) is 33.7 Å². The van der Waals surface area contributed by atoms with Crippen LogP contribution in [0, 0.1) is 6.92 Å². The Morgan fingerprint density at radius 2 is 1.70 bits per heavy atom. The van der Waals surface area contributed by atoms with Crippen molar-refractivity contribution in [2.24, 2.45) is 0 Å². The molecule has 0 spiro atoms. The Morgan fingerprint density at radius 1 is 1.04 bits per heavy atom. The molecule has 0 unspecified atom stereocenters. The zero-order valence-corrected chi connectivity index (χ0v) is 14.0. The molecule has 0 aromatic carbocycles.